The van der Waals surface area contributed by atoms with Gasteiger partial charge in [0, 0.05) is 31.3 Å². The predicted octanol–water partition coefficient (Wildman–Crippen LogP) is 1.41. The second kappa shape index (κ2) is 6.08. The van der Waals surface area contributed by atoms with Crippen LogP contribution in [0.5, 0.6) is 0 Å². The van der Waals surface area contributed by atoms with E-state index in [2.05, 4.69) is 19.2 Å². The fourth-order valence-electron chi connectivity index (χ4n) is 3.77. The summed E-state index contributed by atoms with van der Waals surface area (Å²) in [6.07, 6.45) is 6.48. The number of aliphatic hydroxyl groups is 1. The third-order valence-corrected chi connectivity index (χ3v) is 5.27. The summed E-state index contributed by atoms with van der Waals surface area (Å²) in [7, 11) is 0. The van der Waals surface area contributed by atoms with Gasteiger partial charge in [-0.05, 0) is 44.9 Å². The summed E-state index contributed by atoms with van der Waals surface area (Å²) < 4.78 is 5.94. The Kier molecular flexibility index (Phi) is 4.88. The van der Waals surface area contributed by atoms with Gasteiger partial charge in [0.05, 0.1) is 5.60 Å². The standard InChI is InChI=1S/C15H30N2O2/c1-3-14(2)10-15(11-16,7-8-19-14)17-13-6-4-5-12(13)9-18/h12-13,17-18H,3-11,16H2,1-2H3. The van der Waals surface area contributed by atoms with E-state index in [9.17, 15) is 5.11 Å². The Balaban J connectivity index is 2.05. The second-order valence-electron chi connectivity index (χ2n) is 6.69. The highest BCUT2D eigenvalue weighted by Crippen LogP contribution is 2.36. The van der Waals surface area contributed by atoms with Crippen molar-refractivity contribution in [1.82, 2.24) is 5.32 Å². The molecule has 0 amide bonds. The lowest BCUT2D eigenvalue weighted by Crippen LogP contribution is -2.62. The molecule has 4 atom stereocenters. The van der Waals surface area contributed by atoms with Crippen LogP contribution >= 0.6 is 0 Å². The zero-order chi connectivity index (χ0) is 13.9. The Labute approximate surface area is 117 Å². The molecular formula is C15H30N2O2. The lowest BCUT2D eigenvalue weighted by atomic mass is 9.78. The highest BCUT2D eigenvalue weighted by molar-refractivity contribution is 5.02. The monoisotopic (exact) mass is 270 g/mol. The summed E-state index contributed by atoms with van der Waals surface area (Å²) >= 11 is 0. The summed E-state index contributed by atoms with van der Waals surface area (Å²) in [5.41, 5.74) is 6.03. The first-order valence-corrected chi connectivity index (χ1v) is 7.79. The third kappa shape index (κ3) is 3.30. The molecule has 4 N–H and O–H groups in total. The maximum Gasteiger partial charge on any atom is 0.0670 e. The molecule has 1 saturated heterocycles. The Bertz CT molecular complexity index is 300. The van der Waals surface area contributed by atoms with Crippen LogP contribution in [0.1, 0.15) is 52.4 Å². The van der Waals surface area contributed by atoms with Crippen molar-refractivity contribution in [3.05, 3.63) is 0 Å². The normalized spacial score (nSPS) is 43.6. The van der Waals surface area contributed by atoms with Gasteiger partial charge in [0.2, 0.25) is 0 Å². The van der Waals surface area contributed by atoms with Gasteiger partial charge in [-0.1, -0.05) is 13.3 Å². The molecule has 2 aliphatic rings. The van der Waals surface area contributed by atoms with Crippen molar-refractivity contribution in [2.75, 3.05) is 19.8 Å². The summed E-state index contributed by atoms with van der Waals surface area (Å²) in [4.78, 5) is 0. The van der Waals surface area contributed by atoms with Crippen LogP contribution in [-0.4, -0.2) is 42.0 Å². The molecule has 4 heteroatoms. The number of hydrogen-bond acceptors (Lipinski definition) is 4. The molecule has 112 valence electrons. The summed E-state index contributed by atoms with van der Waals surface area (Å²) in [5.74, 6) is 0.402. The van der Waals surface area contributed by atoms with Crippen molar-refractivity contribution in [2.45, 2.75) is 69.6 Å². The van der Waals surface area contributed by atoms with E-state index in [-0.39, 0.29) is 11.1 Å². The van der Waals surface area contributed by atoms with Crippen molar-refractivity contribution in [2.24, 2.45) is 11.7 Å². The van der Waals surface area contributed by atoms with Crippen LogP contribution < -0.4 is 11.1 Å². The van der Waals surface area contributed by atoms with Crippen LogP contribution in [0.3, 0.4) is 0 Å². The van der Waals surface area contributed by atoms with E-state index in [1.54, 1.807) is 0 Å². The molecule has 1 heterocycles. The molecule has 1 saturated carbocycles. The molecule has 4 unspecified atom stereocenters. The van der Waals surface area contributed by atoms with Crippen molar-refractivity contribution in [1.29, 1.82) is 0 Å². The Morgan fingerprint density at radius 1 is 1.42 bits per heavy atom. The summed E-state index contributed by atoms with van der Waals surface area (Å²) in [6.45, 7) is 6.10. The van der Waals surface area contributed by atoms with Gasteiger partial charge in [-0.3, -0.25) is 0 Å². The molecule has 19 heavy (non-hydrogen) atoms. The lowest BCUT2D eigenvalue weighted by Gasteiger charge is -2.48. The smallest absolute Gasteiger partial charge is 0.0670 e. The van der Waals surface area contributed by atoms with Crippen LogP contribution in [-0.2, 0) is 4.74 Å². The van der Waals surface area contributed by atoms with Gasteiger partial charge in [0.1, 0.15) is 0 Å². The highest BCUT2D eigenvalue weighted by Gasteiger charge is 2.43. The zero-order valence-electron chi connectivity index (χ0n) is 12.5. The fraction of sp³-hybridized carbons (Fsp3) is 1.00. The van der Waals surface area contributed by atoms with E-state index >= 15 is 0 Å². The van der Waals surface area contributed by atoms with E-state index in [0.717, 1.165) is 38.7 Å². The maximum absolute atomic E-state index is 9.48. The number of nitrogens with two attached hydrogens (primary N) is 1. The molecule has 0 radical (unpaired) electrons. The van der Waals surface area contributed by atoms with E-state index in [0.29, 0.717) is 25.1 Å². The minimum Gasteiger partial charge on any atom is -0.396 e. The minimum atomic E-state index is -0.0576. The SMILES string of the molecule is CCC1(C)CC(CN)(NC2CCCC2CO)CCO1. The minimum absolute atomic E-state index is 0.00850. The number of ether oxygens (including phenoxy) is 1. The molecule has 0 spiro atoms. The van der Waals surface area contributed by atoms with Gasteiger partial charge in [0.25, 0.3) is 0 Å². The second-order valence-corrected chi connectivity index (χ2v) is 6.69. The molecule has 1 aliphatic carbocycles. The molecule has 2 rings (SSSR count). The van der Waals surface area contributed by atoms with Crippen LogP contribution in [0, 0.1) is 5.92 Å². The Morgan fingerprint density at radius 2 is 2.21 bits per heavy atom. The predicted molar refractivity (Wildman–Crippen MR) is 77.0 cm³/mol. The molecule has 0 aromatic carbocycles. The average molecular weight is 270 g/mol. The molecule has 0 bridgehead atoms. The quantitative estimate of drug-likeness (QED) is 0.707. The van der Waals surface area contributed by atoms with Gasteiger partial charge in [-0.25, -0.2) is 0 Å². The fourth-order valence-corrected chi connectivity index (χ4v) is 3.77. The first kappa shape index (κ1) is 15.2. The van der Waals surface area contributed by atoms with E-state index in [1.165, 1.54) is 6.42 Å². The number of hydrogen-bond donors (Lipinski definition) is 3. The van der Waals surface area contributed by atoms with Gasteiger partial charge < -0.3 is 20.9 Å². The van der Waals surface area contributed by atoms with Crippen molar-refractivity contribution in [3.8, 4) is 0 Å². The first-order chi connectivity index (χ1) is 9.06. The van der Waals surface area contributed by atoms with Crippen molar-refractivity contribution < 1.29 is 9.84 Å². The van der Waals surface area contributed by atoms with Crippen LogP contribution in [0.15, 0.2) is 0 Å². The molecule has 2 fully saturated rings. The van der Waals surface area contributed by atoms with Gasteiger partial charge in [-0.15, -0.1) is 0 Å². The van der Waals surface area contributed by atoms with Gasteiger partial charge in [-0.2, -0.15) is 0 Å². The van der Waals surface area contributed by atoms with E-state index < -0.39 is 0 Å². The molecule has 4 nitrogen and oxygen atoms in total. The first-order valence-electron chi connectivity index (χ1n) is 7.79. The maximum atomic E-state index is 9.48. The lowest BCUT2D eigenvalue weighted by molar-refractivity contribution is -0.102. The van der Waals surface area contributed by atoms with Gasteiger partial charge >= 0.3 is 0 Å². The zero-order valence-corrected chi connectivity index (χ0v) is 12.5. The number of nitrogens with one attached hydrogen (secondary N) is 1. The van der Waals surface area contributed by atoms with Crippen molar-refractivity contribution in [3.63, 3.8) is 0 Å². The molecule has 1 aliphatic heterocycles. The molecule has 0 aromatic rings. The van der Waals surface area contributed by atoms with Crippen LogP contribution in [0.2, 0.25) is 0 Å². The topological polar surface area (TPSA) is 67.5 Å². The van der Waals surface area contributed by atoms with E-state index in [1.807, 2.05) is 0 Å². The summed E-state index contributed by atoms with van der Waals surface area (Å²) in [6, 6.07) is 0.424. The van der Waals surface area contributed by atoms with E-state index in [4.69, 9.17) is 10.5 Å². The Hall–Kier alpha value is -0.160. The highest BCUT2D eigenvalue weighted by atomic mass is 16.5. The molecule has 0 aromatic heterocycles. The third-order valence-electron chi connectivity index (χ3n) is 5.27. The van der Waals surface area contributed by atoms with Crippen LogP contribution in [0.25, 0.3) is 0 Å². The molecular weight excluding hydrogens is 240 g/mol. The summed E-state index contributed by atoms with van der Waals surface area (Å²) in [5, 5.41) is 13.3. The Morgan fingerprint density at radius 3 is 2.84 bits per heavy atom. The van der Waals surface area contributed by atoms with Crippen LogP contribution in [0.4, 0.5) is 0 Å². The van der Waals surface area contributed by atoms with Crippen molar-refractivity contribution >= 4 is 0 Å². The average Bonchev–Trinajstić information content (AvgIpc) is 2.86. The largest absolute Gasteiger partial charge is 0.396 e. The number of aliphatic hydroxyl groups excluding tert-OH is 1. The number of rotatable bonds is 5. The van der Waals surface area contributed by atoms with Gasteiger partial charge in [0.15, 0.2) is 0 Å².